The standard InChI is InChI=1S/C15H24BrFN2/c1-10(15(2,3)4)8-12(19-18)9-11-6-5-7-13(17)14(11)16/h5-7,10,12,19H,8-9,18H2,1-4H3. The first-order valence-corrected chi connectivity index (χ1v) is 7.44. The summed E-state index contributed by atoms with van der Waals surface area (Å²) in [5.41, 5.74) is 4.05. The molecule has 0 aliphatic carbocycles. The number of rotatable bonds is 5. The van der Waals surface area contributed by atoms with Gasteiger partial charge in [0.05, 0.1) is 4.47 Å². The molecular formula is C15H24BrFN2. The van der Waals surface area contributed by atoms with Crippen LogP contribution in [0.15, 0.2) is 22.7 Å². The number of benzene rings is 1. The third-order valence-electron chi connectivity index (χ3n) is 3.85. The maximum absolute atomic E-state index is 13.5. The summed E-state index contributed by atoms with van der Waals surface area (Å²) in [4.78, 5) is 0. The van der Waals surface area contributed by atoms with Crippen molar-refractivity contribution in [1.82, 2.24) is 5.43 Å². The van der Waals surface area contributed by atoms with E-state index in [-0.39, 0.29) is 17.3 Å². The second-order valence-electron chi connectivity index (χ2n) is 6.28. The summed E-state index contributed by atoms with van der Waals surface area (Å²) in [5.74, 6) is 5.94. The van der Waals surface area contributed by atoms with E-state index in [1.54, 1.807) is 6.07 Å². The summed E-state index contributed by atoms with van der Waals surface area (Å²) in [6.45, 7) is 8.90. The Morgan fingerprint density at radius 2 is 2.00 bits per heavy atom. The van der Waals surface area contributed by atoms with Gasteiger partial charge >= 0.3 is 0 Å². The van der Waals surface area contributed by atoms with Gasteiger partial charge in [0.25, 0.3) is 0 Å². The molecule has 0 aliphatic rings. The molecule has 0 heterocycles. The van der Waals surface area contributed by atoms with E-state index in [4.69, 9.17) is 5.84 Å². The van der Waals surface area contributed by atoms with Gasteiger partial charge in [0.2, 0.25) is 0 Å². The molecule has 108 valence electrons. The van der Waals surface area contributed by atoms with Crippen molar-refractivity contribution in [2.45, 2.75) is 46.6 Å². The average Bonchev–Trinajstić information content (AvgIpc) is 2.32. The molecule has 0 amide bonds. The zero-order valence-corrected chi connectivity index (χ0v) is 13.7. The fraction of sp³-hybridized carbons (Fsp3) is 0.600. The zero-order valence-electron chi connectivity index (χ0n) is 12.1. The summed E-state index contributed by atoms with van der Waals surface area (Å²) >= 11 is 3.30. The molecule has 0 aromatic heterocycles. The second kappa shape index (κ2) is 6.82. The molecule has 19 heavy (non-hydrogen) atoms. The first-order chi connectivity index (χ1) is 8.75. The molecule has 1 aromatic rings. The van der Waals surface area contributed by atoms with Gasteiger partial charge in [-0.15, -0.1) is 0 Å². The van der Waals surface area contributed by atoms with E-state index in [0.717, 1.165) is 18.4 Å². The Labute approximate surface area is 124 Å². The van der Waals surface area contributed by atoms with Gasteiger partial charge in [0, 0.05) is 6.04 Å². The van der Waals surface area contributed by atoms with E-state index in [0.29, 0.717) is 10.4 Å². The van der Waals surface area contributed by atoms with Crippen molar-refractivity contribution in [3.63, 3.8) is 0 Å². The lowest BCUT2D eigenvalue weighted by molar-refractivity contribution is 0.222. The minimum atomic E-state index is -0.225. The van der Waals surface area contributed by atoms with Gasteiger partial charge in [0.1, 0.15) is 5.82 Å². The number of nitrogens with one attached hydrogen (secondary N) is 1. The molecule has 1 aromatic carbocycles. The van der Waals surface area contributed by atoms with Crippen molar-refractivity contribution in [2.75, 3.05) is 0 Å². The van der Waals surface area contributed by atoms with E-state index in [9.17, 15) is 4.39 Å². The van der Waals surface area contributed by atoms with Crippen LogP contribution in [0.1, 0.15) is 39.7 Å². The van der Waals surface area contributed by atoms with Crippen molar-refractivity contribution < 1.29 is 4.39 Å². The predicted octanol–water partition coefficient (Wildman–Crippen LogP) is 4.03. The smallest absolute Gasteiger partial charge is 0.137 e. The Bertz CT molecular complexity index is 415. The summed E-state index contributed by atoms with van der Waals surface area (Å²) in [6.07, 6.45) is 1.68. The molecule has 0 bridgehead atoms. The van der Waals surface area contributed by atoms with Gasteiger partial charge in [0.15, 0.2) is 0 Å². The van der Waals surface area contributed by atoms with Gasteiger partial charge in [-0.3, -0.25) is 11.3 Å². The second-order valence-corrected chi connectivity index (χ2v) is 7.08. The highest BCUT2D eigenvalue weighted by atomic mass is 79.9. The lowest BCUT2D eigenvalue weighted by atomic mass is 9.78. The molecule has 0 saturated heterocycles. The van der Waals surface area contributed by atoms with E-state index in [1.165, 1.54) is 6.07 Å². The normalized spacial score (nSPS) is 15.3. The Morgan fingerprint density at radius 3 is 2.53 bits per heavy atom. The number of hydrogen-bond donors (Lipinski definition) is 2. The van der Waals surface area contributed by atoms with Crippen LogP contribution in [-0.2, 0) is 6.42 Å². The van der Waals surface area contributed by atoms with Crippen LogP contribution in [0.2, 0.25) is 0 Å². The Hall–Kier alpha value is -0.450. The number of nitrogens with two attached hydrogens (primary N) is 1. The fourth-order valence-electron chi connectivity index (χ4n) is 1.96. The molecule has 0 fully saturated rings. The van der Waals surface area contributed by atoms with Crippen molar-refractivity contribution in [3.8, 4) is 0 Å². The zero-order chi connectivity index (χ0) is 14.6. The topological polar surface area (TPSA) is 38.0 Å². The monoisotopic (exact) mass is 330 g/mol. The average molecular weight is 331 g/mol. The van der Waals surface area contributed by atoms with E-state index in [2.05, 4.69) is 49.1 Å². The lowest BCUT2D eigenvalue weighted by Gasteiger charge is -2.30. The molecule has 0 aliphatic heterocycles. The molecule has 2 nitrogen and oxygen atoms in total. The molecule has 0 spiro atoms. The molecule has 1 rings (SSSR count). The molecule has 2 unspecified atom stereocenters. The molecule has 2 atom stereocenters. The number of hydrogen-bond acceptors (Lipinski definition) is 2. The fourth-order valence-corrected chi connectivity index (χ4v) is 2.39. The third kappa shape index (κ3) is 4.86. The Balaban J connectivity index is 2.75. The Morgan fingerprint density at radius 1 is 1.37 bits per heavy atom. The maximum atomic E-state index is 13.5. The highest BCUT2D eigenvalue weighted by molar-refractivity contribution is 9.10. The number of hydrazine groups is 1. The summed E-state index contributed by atoms with van der Waals surface area (Å²) in [7, 11) is 0. The first kappa shape index (κ1) is 16.6. The van der Waals surface area contributed by atoms with Crippen LogP contribution in [0.5, 0.6) is 0 Å². The van der Waals surface area contributed by atoms with E-state index >= 15 is 0 Å². The molecular weight excluding hydrogens is 307 g/mol. The van der Waals surface area contributed by atoms with Crippen LogP contribution < -0.4 is 11.3 Å². The van der Waals surface area contributed by atoms with Gasteiger partial charge < -0.3 is 0 Å². The SMILES string of the molecule is CC(CC(Cc1cccc(F)c1Br)NN)C(C)(C)C. The quantitative estimate of drug-likeness (QED) is 0.631. The summed E-state index contributed by atoms with van der Waals surface area (Å²) in [6, 6.07) is 5.26. The van der Waals surface area contributed by atoms with Crippen LogP contribution >= 0.6 is 15.9 Å². The van der Waals surface area contributed by atoms with Crippen molar-refractivity contribution in [3.05, 3.63) is 34.1 Å². The van der Waals surface area contributed by atoms with E-state index in [1.807, 2.05) is 6.07 Å². The van der Waals surface area contributed by atoms with Crippen LogP contribution in [0, 0.1) is 17.2 Å². The number of halogens is 2. The summed E-state index contributed by atoms with van der Waals surface area (Å²) in [5, 5.41) is 0. The first-order valence-electron chi connectivity index (χ1n) is 6.64. The third-order valence-corrected chi connectivity index (χ3v) is 4.74. The van der Waals surface area contributed by atoms with Crippen molar-refractivity contribution in [1.29, 1.82) is 0 Å². The maximum Gasteiger partial charge on any atom is 0.137 e. The van der Waals surface area contributed by atoms with Crippen molar-refractivity contribution in [2.24, 2.45) is 17.2 Å². The van der Waals surface area contributed by atoms with E-state index < -0.39 is 0 Å². The van der Waals surface area contributed by atoms with Crippen molar-refractivity contribution >= 4 is 15.9 Å². The predicted molar refractivity (Wildman–Crippen MR) is 82.2 cm³/mol. The molecule has 0 radical (unpaired) electrons. The van der Waals surface area contributed by atoms with Gasteiger partial charge in [-0.2, -0.15) is 0 Å². The van der Waals surface area contributed by atoms with Gasteiger partial charge in [-0.05, 0) is 51.7 Å². The van der Waals surface area contributed by atoms with Crippen LogP contribution in [0.4, 0.5) is 4.39 Å². The molecule has 3 N–H and O–H groups in total. The van der Waals surface area contributed by atoms with Gasteiger partial charge in [-0.25, -0.2) is 4.39 Å². The molecule has 4 heteroatoms. The van der Waals surface area contributed by atoms with Crippen LogP contribution in [0.25, 0.3) is 0 Å². The highest BCUT2D eigenvalue weighted by Gasteiger charge is 2.23. The molecule has 0 saturated carbocycles. The lowest BCUT2D eigenvalue weighted by Crippen LogP contribution is -2.39. The van der Waals surface area contributed by atoms with Crippen LogP contribution in [-0.4, -0.2) is 6.04 Å². The highest BCUT2D eigenvalue weighted by Crippen LogP contribution is 2.30. The minimum absolute atomic E-state index is 0.146. The minimum Gasteiger partial charge on any atom is -0.271 e. The summed E-state index contributed by atoms with van der Waals surface area (Å²) < 4.78 is 14.0. The largest absolute Gasteiger partial charge is 0.271 e. The van der Waals surface area contributed by atoms with Crippen LogP contribution in [0.3, 0.4) is 0 Å². The Kier molecular flexibility index (Phi) is 5.96. The van der Waals surface area contributed by atoms with Gasteiger partial charge in [-0.1, -0.05) is 39.8 Å².